The van der Waals surface area contributed by atoms with Gasteiger partial charge in [0.15, 0.2) is 10.8 Å². The van der Waals surface area contributed by atoms with Crippen LogP contribution in [0.1, 0.15) is 36.6 Å². The Morgan fingerprint density at radius 1 is 1.25 bits per heavy atom. The highest BCUT2D eigenvalue weighted by molar-refractivity contribution is 7.13. The molecule has 126 valence electrons. The van der Waals surface area contributed by atoms with Gasteiger partial charge in [0.05, 0.1) is 12.0 Å². The van der Waals surface area contributed by atoms with E-state index in [1.807, 2.05) is 12.1 Å². The van der Waals surface area contributed by atoms with Gasteiger partial charge in [-0.3, -0.25) is 0 Å². The van der Waals surface area contributed by atoms with E-state index in [9.17, 15) is 0 Å². The number of nitrogens with zero attached hydrogens (tertiary/aromatic N) is 4. The SMILES string of the molecule is c1coc(-c2nc(CNCCc3nnc4n3CCCCC4)cs2)c1. The van der Waals surface area contributed by atoms with Gasteiger partial charge in [0.2, 0.25) is 0 Å². The summed E-state index contributed by atoms with van der Waals surface area (Å²) < 4.78 is 7.69. The number of hydrogen-bond acceptors (Lipinski definition) is 6. The molecule has 0 atom stereocenters. The lowest BCUT2D eigenvalue weighted by Crippen LogP contribution is -2.19. The van der Waals surface area contributed by atoms with Gasteiger partial charge in [-0.05, 0) is 25.0 Å². The average Bonchev–Trinajstić information content (AvgIpc) is 3.31. The molecular formula is C17H21N5OS. The van der Waals surface area contributed by atoms with Gasteiger partial charge in [-0.15, -0.1) is 21.5 Å². The molecule has 0 aromatic carbocycles. The standard InChI is InChI=1S/C17H21N5OS/c1-2-6-15-20-21-16(22(15)9-3-1)7-8-18-11-13-12-24-17(19-13)14-5-4-10-23-14/h4-5,10,12,18H,1-3,6-9,11H2. The van der Waals surface area contributed by atoms with Crippen molar-refractivity contribution in [1.82, 2.24) is 25.1 Å². The molecule has 1 N–H and O–H groups in total. The molecular weight excluding hydrogens is 322 g/mol. The first-order chi connectivity index (χ1) is 11.9. The van der Waals surface area contributed by atoms with Crippen molar-refractivity contribution in [3.63, 3.8) is 0 Å². The molecule has 0 bridgehead atoms. The lowest BCUT2D eigenvalue weighted by molar-refractivity contribution is 0.580. The van der Waals surface area contributed by atoms with Crippen molar-refractivity contribution in [2.45, 2.75) is 45.2 Å². The number of fused-ring (bicyclic) bond motifs is 1. The molecule has 4 rings (SSSR count). The third kappa shape index (κ3) is 3.42. The Balaban J connectivity index is 1.29. The van der Waals surface area contributed by atoms with E-state index in [0.717, 1.165) is 60.6 Å². The van der Waals surface area contributed by atoms with Crippen LogP contribution in [0.5, 0.6) is 0 Å². The molecule has 3 aromatic rings. The number of nitrogens with one attached hydrogen (secondary N) is 1. The first kappa shape index (κ1) is 15.5. The Kier molecular flexibility index (Phi) is 4.71. The number of thiazole rings is 1. The van der Waals surface area contributed by atoms with Crippen molar-refractivity contribution in [1.29, 1.82) is 0 Å². The quantitative estimate of drug-likeness (QED) is 0.697. The molecule has 0 saturated heterocycles. The maximum atomic E-state index is 5.38. The highest BCUT2D eigenvalue weighted by Crippen LogP contribution is 2.23. The van der Waals surface area contributed by atoms with Crippen LogP contribution in [0.3, 0.4) is 0 Å². The Hall–Kier alpha value is -1.99. The van der Waals surface area contributed by atoms with Crippen molar-refractivity contribution in [2.75, 3.05) is 6.54 Å². The van der Waals surface area contributed by atoms with Gasteiger partial charge < -0.3 is 14.3 Å². The molecule has 1 aliphatic heterocycles. The molecule has 3 aromatic heterocycles. The van der Waals surface area contributed by atoms with Crippen LogP contribution in [0.2, 0.25) is 0 Å². The largest absolute Gasteiger partial charge is 0.462 e. The van der Waals surface area contributed by atoms with Crippen molar-refractivity contribution in [3.05, 3.63) is 41.1 Å². The third-order valence-electron chi connectivity index (χ3n) is 4.30. The van der Waals surface area contributed by atoms with Crippen LogP contribution in [0.4, 0.5) is 0 Å². The molecule has 0 aliphatic carbocycles. The second-order valence-corrected chi connectivity index (χ2v) is 6.90. The molecule has 24 heavy (non-hydrogen) atoms. The summed E-state index contributed by atoms with van der Waals surface area (Å²) in [6, 6.07) is 3.82. The van der Waals surface area contributed by atoms with Crippen LogP contribution in [0.25, 0.3) is 10.8 Å². The summed E-state index contributed by atoms with van der Waals surface area (Å²) in [5.74, 6) is 3.09. The number of rotatable bonds is 6. The Morgan fingerprint density at radius 3 is 3.17 bits per heavy atom. The average molecular weight is 343 g/mol. The van der Waals surface area contributed by atoms with Gasteiger partial charge >= 0.3 is 0 Å². The predicted octanol–water partition coefficient (Wildman–Crippen LogP) is 3.05. The summed E-state index contributed by atoms with van der Waals surface area (Å²) in [7, 11) is 0. The van der Waals surface area contributed by atoms with E-state index >= 15 is 0 Å². The van der Waals surface area contributed by atoms with Gasteiger partial charge in [-0.25, -0.2) is 4.98 Å². The predicted molar refractivity (Wildman–Crippen MR) is 92.8 cm³/mol. The second kappa shape index (κ2) is 7.27. The number of aryl methyl sites for hydroxylation is 1. The first-order valence-corrected chi connectivity index (χ1v) is 9.38. The van der Waals surface area contributed by atoms with E-state index in [4.69, 9.17) is 4.42 Å². The summed E-state index contributed by atoms with van der Waals surface area (Å²) in [6.45, 7) is 2.71. The minimum Gasteiger partial charge on any atom is -0.462 e. The van der Waals surface area contributed by atoms with Crippen molar-refractivity contribution in [3.8, 4) is 10.8 Å². The van der Waals surface area contributed by atoms with Gasteiger partial charge in [-0.1, -0.05) is 6.42 Å². The fourth-order valence-corrected chi connectivity index (χ4v) is 3.83. The van der Waals surface area contributed by atoms with Crippen molar-refractivity contribution in [2.24, 2.45) is 0 Å². The summed E-state index contributed by atoms with van der Waals surface area (Å²) in [5, 5.41) is 15.2. The summed E-state index contributed by atoms with van der Waals surface area (Å²) in [6.07, 6.45) is 7.41. The minimum atomic E-state index is 0.762. The molecule has 0 radical (unpaired) electrons. The third-order valence-corrected chi connectivity index (χ3v) is 5.21. The Labute approximate surface area is 144 Å². The zero-order valence-electron chi connectivity index (χ0n) is 13.6. The van der Waals surface area contributed by atoms with Crippen molar-refractivity contribution >= 4 is 11.3 Å². The molecule has 1 aliphatic rings. The van der Waals surface area contributed by atoms with Crippen LogP contribution < -0.4 is 5.32 Å². The summed E-state index contributed by atoms with van der Waals surface area (Å²) >= 11 is 1.61. The van der Waals surface area contributed by atoms with Gasteiger partial charge in [0, 0.05) is 37.9 Å². The lowest BCUT2D eigenvalue weighted by Gasteiger charge is -2.07. The smallest absolute Gasteiger partial charge is 0.162 e. The van der Waals surface area contributed by atoms with Crippen molar-refractivity contribution < 1.29 is 4.42 Å². The fourth-order valence-electron chi connectivity index (χ4n) is 3.05. The zero-order chi connectivity index (χ0) is 16.2. The molecule has 6 nitrogen and oxygen atoms in total. The van der Waals surface area contributed by atoms with Crippen LogP contribution in [0, 0.1) is 0 Å². The van der Waals surface area contributed by atoms with Crippen LogP contribution in [-0.2, 0) is 25.9 Å². The second-order valence-electron chi connectivity index (χ2n) is 6.04. The molecule has 0 unspecified atom stereocenters. The van der Waals surface area contributed by atoms with Gasteiger partial charge in [-0.2, -0.15) is 0 Å². The lowest BCUT2D eigenvalue weighted by atomic mass is 10.2. The van der Waals surface area contributed by atoms with E-state index in [-0.39, 0.29) is 0 Å². The normalized spacial score (nSPS) is 14.5. The zero-order valence-corrected chi connectivity index (χ0v) is 14.4. The Morgan fingerprint density at radius 2 is 2.25 bits per heavy atom. The number of aromatic nitrogens is 4. The maximum Gasteiger partial charge on any atom is 0.162 e. The molecule has 7 heteroatoms. The molecule has 0 saturated carbocycles. The summed E-state index contributed by atoms with van der Waals surface area (Å²) in [4.78, 5) is 4.60. The highest BCUT2D eigenvalue weighted by Gasteiger charge is 2.14. The fraction of sp³-hybridized carbons (Fsp3) is 0.471. The van der Waals surface area contributed by atoms with E-state index in [1.54, 1.807) is 17.6 Å². The van der Waals surface area contributed by atoms with Gasteiger partial charge in [0.1, 0.15) is 11.6 Å². The maximum absolute atomic E-state index is 5.38. The highest BCUT2D eigenvalue weighted by atomic mass is 32.1. The van der Waals surface area contributed by atoms with Crippen LogP contribution in [-0.4, -0.2) is 26.3 Å². The molecule has 4 heterocycles. The van der Waals surface area contributed by atoms with E-state index in [1.165, 1.54) is 19.3 Å². The van der Waals surface area contributed by atoms with E-state index in [0.29, 0.717) is 0 Å². The van der Waals surface area contributed by atoms with Gasteiger partial charge in [0.25, 0.3) is 0 Å². The minimum absolute atomic E-state index is 0.762. The Bertz CT molecular complexity index is 777. The number of hydrogen-bond donors (Lipinski definition) is 1. The monoisotopic (exact) mass is 343 g/mol. The van der Waals surface area contributed by atoms with E-state index < -0.39 is 0 Å². The van der Waals surface area contributed by atoms with Crippen LogP contribution in [0.15, 0.2) is 28.2 Å². The topological polar surface area (TPSA) is 68.8 Å². The van der Waals surface area contributed by atoms with Crippen LogP contribution >= 0.6 is 11.3 Å². The molecule has 0 fully saturated rings. The summed E-state index contributed by atoms with van der Waals surface area (Å²) in [5.41, 5.74) is 1.05. The first-order valence-electron chi connectivity index (χ1n) is 8.50. The number of furan rings is 1. The van der Waals surface area contributed by atoms with E-state index in [2.05, 4.69) is 30.4 Å². The molecule has 0 amide bonds. The molecule has 0 spiro atoms.